The first-order chi connectivity index (χ1) is 11.3. The van der Waals surface area contributed by atoms with E-state index in [0.717, 1.165) is 23.5 Å². The highest BCUT2D eigenvalue weighted by molar-refractivity contribution is 7.99. The first kappa shape index (κ1) is 15.7. The van der Waals surface area contributed by atoms with Gasteiger partial charge in [-0.3, -0.25) is 4.79 Å². The molecule has 0 fully saturated rings. The number of methoxy groups -OCH3 is 1. The Morgan fingerprint density at radius 3 is 3.00 bits per heavy atom. The molecule has 0 aliphatic carbocycles. The molecule has 2 aromatic rings. The summed E-state index contributed by atoms with van der Waals surface area (Å²) in [6.45, 7) is 0. The third-order valence-electron chi connectivity index (χ3n) is 3.80. The minimum Gasteiger partial charge on any atom is -0.497 e. The van der Waals surface area contributed by atoms with Crippen LogP contribution in [0, 0.1) is 0 Å². The molecular weight excluding hydrogens is 306 g/mol. The monoisotopic (exact) mass is 325 g/mol. The van der Waals surface area contributed by atoms with E-state index in [1.165, 1.54) is 10.5 Å². The lowest BCUT2D eigenvalue weighted by Gasteiger charge is -2.25. The summed E-state index contributed by atoms with van der Waals surface area (Å²) in [5, 5.41) is 3.10. The molecule has 2 aromatic carbocycles. The van der Waals surface area contributed by atoms with Gasteiger partial charge in [0.1, 0.15) is 5.75 Å². The van der Waals surface area contributed by atoms with Crippen molar-refractivity contribution in [2.24, 2.45) is 0 Å². The van der Waals surface area contributed by atoms with Crippen LogP contribution >= 0.6 is 11.8 Å². The number of thioether (sulfide) groups is 1. The summed E-state index contributed by atoms with van der Waals surface area (Å²) < 4.78 is 5.19. The van der Waals surface area contributed by atoms with Crippen LogP contribution in [0.25, 0.3) is 6.08 Å². The Labute approximate surface area is 140 Å². The molecule has 0 radical (unpaired) electrons. The summed E-state index contributed by atoms with van der Waals surface area (Å²) in [6.07, 6.45) is 4.35. The van der Waals surface area contributed by atoms with Crippen molar-refractivity contribution >= 4 is 23.7 Å². The molecule has 1 N–H and O–H groups in total. The van der Waals surface area contributed by atoms with Crippen molar-refractivity contribution in [3.05, 3.63) is 65.7 Å². The average Bonchev–Trinajstić information content (AvgIpc) is 2.60. The summed E-state index contributed by atoms with van der Waals surface area (Å²) >= 11 is 1.85. The second-order valence-corrected chi connectivity index (χ2v) is 6.48. The van der Waals surface area contributed by atoms with E-state index in [9.17, 15) is 4.79 Å². The number of hydrogen-bond acceptors (Lipinski definition) is 3. The van der Waals surface area contributed by atoms with Gasteiger partial charge in [0.2, 0.25) is 5.91 Å². The Morgan fingerprint density at radius 2 is 2.13 bits per heavy atom. The molecule has 0 aromatic heterocycles. The normalized spacial score (nSPS) is 16.8. The van der Waals surface area contributed by atoms with Gasteiger partial charge in [-0.1, -0.05) is 30.3 Å². The molecule has 118 valence electrons. The number of fused-ring (bicyclic) bond motifs is 1. The first-order valence-electron chi connectivity index (χ1n) is 7.60. The number of carbonyl (C=O) groups excluding carboxylic acids is 1. The van der Waals surface area contributed by atoms with Crippen LogP contribution in [0.3, 0.4) is 0 Å². The van der Waals surface area contributed by atoms with Crippen molar-refractivity contribution < 1.29 is 9.53 Å². The van der Waals surface area contributed by atoms with Crippen LogP contribution in [0.2, 0.25) is 0 Å². The number of benzene rings is 2. The molecule has 0 saturated carbocycles. The van der Waals surface area contributed by atoms with Crippen molar-refractivity contribution in [1.82, 2.24) is 5.32 Å². The van der Waals surface area contributed by atoms with Gasteiger partial charge in [0.15, 0.2) is 0 Å². The molecule has 0 saturated heterocycles. The summed E-state index contributed by atoms with van der Waals surface area (Å²) in [5.74, 6) is 1.74. The molecule has 1 heterocycles. The highest BCUT2D eigenvalue weighted by Crippen LogP contribution is 2.35. The number of amides is 1. The van der Waals surface area contributed by atoms with E-state index >= 15 is 0 Å². The fraction of sp³-hybridized carbons (Fsp3) is 0.211. The third-order valence-corrected chi connectivity index (χ3v) is 4.92. The van der Waals surface area contributed by atoms with E-state index in [4.69, 9.17) is 4.74 Å². The highest BCUT2D eigenvalue weighted by Gasteiger charge is 2.20. The zero-order valence-corrected chi connectivity index (χ0v) is 13.8. The second-order valence-electron chi connectivity index (χ2n) is 5.35. The molecular formula is C19H19NO2S. The number of hydrogen-bond donors (Lipinski definition) is 1. The van der Waals surface area contributed by atoms with E-state index < -0.39 is 0 Å². The lowest BCUT2D eigenvalue weighted by molar-refractivity contribution is -0.117. The standard InChI is InChI=1S/C19H19NO2S/c1-22-15-6-4-5-14(13-15)9-10-19(21)20-17-11-12-23-18-8-3-2-7-16(17)18/h2-10,13,17H,11-12H2,1H3,(H,20,21)/b10-9+/t17-/m1/s1. The number of rotatable bonds is 4. The Balaban J connectivity index is 1.67. The SMILES string of the molecule is COc1cccc(/C=C/C(=O)N[C@@H]2CCSc3ccccc32)c1. The lowest BCUT2D eigenvalue weighted by Crippen LogP contribution is -2.29. The molecule has 4 heteroatoms. The summed E-state index contributed by atoms with van der Waals surface area (Å²) in [7, 11) is 1.63. The van der Waals surface area contributed by atoms with E-state index in [2.05, 4.69) is 17.4 Å². The second kappa shape index (κ2) is 7.38. The number of ether oxygens (including phenoxy) is 1. The van der Waals surface area contributed by atoms with Crippen LogP contribution in [-0.4, -0.2) is 18.8 Å². The van der Waals surface area contributed by atoms with Crippen LogP contribution in [-0.2, 0) is 4.79 Å². The summed E-state index contributed by atoms with van der Waals surface area (Å²) in [6, 6.07) is 16.0. The van der Waals surface area contributed by atoms with Gasteiger partial charge in [0.25, 0.3) is 0 Å². The quantitative estimate of drug-likeness (QED) is 0.862. The molecule has 1 aliphatic rings. The minimum absolute atomic E-state index is 0.0699. The number of carbonyl (C=O) groups is 1. The van der Waals surface area contributed by atoms with Gasteiger partial charge in [-0.25, -0.2) is 0 Å². The summed E-state index contributed by atoms with van der Waals surface area (Å²) in [4.78, 5) is 13.5. The zero-order chi connectivity index (χ0) is 16.1. The van der Waals surface area contributed by atoms with Crippen LogP contribution in [0.15, 0.2) is 59.5 Å². The highest BCUT2D eigenvalue weighted by atomic mass is 32.2. The zero-order valence-electron chi connectivity index (χ0n) is 13.0. The molecule has 1 amide bonds. The fourth-order valence-electron chi connectivity index (χ4n) is 2.63. The molecule has 0 unspecified atom stereocenters. The molecule has 0 bridgehead atoms. The molecule has 1 atom stereocenters. The van der Waals surface area contributed by atoms with Crippen molar-refractivity contribution in [3.63, 3.8) is 0 Å². The maximum absolute atomic E-state index is 12.2. The topological polar surface area (TPSA) is 38.3 Å². The molecule has 1 aliphatic heterocycles. The van der Waals surface area contributed by atoms with Gasteiger partial charge < -0.3 is 10.1 Å². The maximum atomic E-state index is 12.2. The minimum atomic E-state index is -0.0699. The van der Waals surface area contributed by atoms with Crippen molar-refractivity contribution in [2.45, 2.75) is 17.4 Å². The van der Waals surface area contributed by atoms with Crippen LogP contribution in [0.5, 0.6) is 5.75 Å². The molecule has 3 rings (SSSR count). The Morgan fingerprint density at radius 1 is 1.26 bits per heavy atom. The van der Waals surface area contributed by atoms with Gasteiger partial charge in [0.05, 0.1) is 13.2 Å². The predicted octanol–water partition coefficient (Wildman–Crippen LogP) is 4.06. The lowest BCUT2D eigenvalue weighted by atomic mass is 10.0. The molecule has 23 heavy (non-hydrogen) atoms. The fourth-order valence-corrected chi connectivity index (χ4v) is 3.75. The number of nitrogens with one attached hydrogen (secondary N) is 1. The first-order valence-corrected chi connectivity index (χ1v) is 8.59. The van der Waals surface area contributed by atoms with Crippen molar-refractivity contribution in [1.29, 1.82) is 0 Å². The third kappa shape index (κ3) is 3.96. The van der Waals surface area contributed by atoms with Crippen molar-refractivity contribution in [3.8, 4) is 5.75 Å². The summed E-state index contributed by atoms with van der Waals surface area (Å²) in [5.41, 5.74) is 2.16. The van der Waals surface area contributed by atoms with E-state index in [1.807, 2.05) is 48.2 Å². The Hall–Kier alpha value is -2.20. The average molecular weight is 325 g/mol. The smallest absolute Gasteiger partial charge is 0.244 e. The van der Waals surface area contributed by atoms with Gasteiger partial charge in [-0.05, 0) is 41.8 Å². The Kier molecular flexibility index (Phi) is 5.03. The molecule has 0 spiro atoms. The largest absolute Gasteiger partial charge is 0.497 e. The predicted molar refractivity (Wildman–Crippen MR) is 94.7 cm³/mol. The Bertz CT molecular complexity index is 727. The van der Waals surface area contributed by atoms with Gasteiger partial charge in [0, 0.05) is 16.7 Å². The van der Waals surface area contributed by atoms with E-state index in [0.29, 0.717) is 0 Å². The van der Waals surface area contributed by atoms with Crippen LogP contribution in [0.4, 0.5) is 0 Å². The van der Waals surface area contributed by atoms with Crippen molar-refractivity contribution in [2.75, 3.05) is 12.9 Å². The van der Waals surface area contributed by atoms with Gasteiger partial charge in [-0.15, -0.1) is 11.8 Å². The van der Waals surface area contributed by atoms with Crippen LogP contribution < -0.4 is 10.1 Å². The van der Waals surface area contributed by atoms with E-state index in [-0.39, 0.29) is 11.9 Å². The molecule has 3 nitrogen and oxygen atoms in total. The van der Waals surface area contributed by atoms with Gasteiger partial charge in [-0.2, -0.15) is 0 Å². The van der Waals surface area contributed by atoms with E-state index in [1.54, 1.807) is 19.3 Å². The van der Waals surface area contributed by atoms with Gasteiger partial charge >= 0.3 is 0 Å². The van der Waals surface area contributed by atoms with Crippen LogP contribution in [0.1, 0.15) is 23.6 Å². The maximum Gasteiger partial charge on any atom is 0.244 e.